The smallest absolute Gasteiger partial charge is 0.250 e. The fraction of sp³-hybridized carbons (Fsp3) is 0.143. The number of carbonyl (C=O) groups is 1. The van der Waals surface area contributed by atoms with Crippen molar-refractivity contribution in [2.24, 2.45) is 5.73 Å². The predicted octanol–water partition coefficient (Wildman–Crippen LogP) is 2.59. The molecule has 2 aromatic heterocycles. The van der Waals surface area contributed by atoms with Gasteiger partial charge in [-0.05, 0) is 48.4 Å². The Morgan fingerprint density at radius 1 is 1.16 bits per heavy atom. The summed E-state index contributed by atoms with van der Waals surface area (Å²) in [4.78, 5) is 17.3. The second kappa shape index (κ2) is 9.29. The van der Waals surface area contributed by atoms with Gasteiger partial charge in [0.15, 0.2) is 5.78 Å². The molecule has 31 heavy (non-hydrogen) atoms. The van der Waals surface area contributed by atoms with Gasteiger partial charge in [-0.25, -0.2) is 8.42 Å². The molecule has 0 aliphatic heterocycles. The third kappa shape index (κ3) is 5.48. The number of nitrogens with zero attached hydrogens (tertiary/aromatic N) is 1. The molecule has 2 heterocycles. The van der Waals surface area contributed by atoms with Crippen molar-refractivity contribution in [2.45, 2.75) is 23.6 Å². The van der Waals surface area contributed by atoms with Gasteiger partial charge in [0.2, 0.25) is 0 Å². The molecule has 160 valence electrons. The van der Waals surface area contributed by atoms with E-state index in [9.17, 15) is 13.2 Å². The lowest BCUT2D eigenvalue weighted by Crippen LogP contribution is -2.41. The van der Waals surface area contributed by atoms with E-state index in [-0.39, 0.29) is 22.2 Å². The molecular formula is C21H21N5O3S2. The number of nitrogens with one attached hydrogen (secondary N) is 3. The van der Waals surface area contributed by atoms with Crippen LogP contribution in [0.25, 0.3) is 10.4 Å². The number of nitrogens with two attached hydrogens (primary N) is 1. The van der Waals surface area contributed by atoms with Crippen molar-refractivity contribution in [1.82, 2.24) is 9.71 Å². The van der Waals surface area contributed by atoms with Crippen molar-refractivity contribution in [1.29, 1.82) is 10.8 Å². The summed E-state index contributed by atoms with van der Waals surface area (Å²) in [5, 5.41) is 15.6. The third-order valence-electron chi connectivity index (χ3n) is 4.45. The standard InChI is InChI=1S/C21H21N5O3S2/c1-13(20(27)17(22)12-14-3-2-4-16(11-14)21(23)24)26-31(28,29)19-6-5-18(30-19)15-7-9-25-10-8-15/h2-11,13,22,26H,12H2,1H3,(H3,23,24)/t13-/m0/s1. The van der Waals surface area contributed by atoms with E-state index in [0.29, 0.717) is 11.1 Å². The summed E-state index contributed by atoms with van der Waals surface area (Å²) in [6.07, 6.45) is 3.26. The molecule has 10 heteroatoms. The van der Waals surface area contributed by atoms with Crippen LogP contribution in [0.2, 0.25) is 0 Å². The molecule has 0 saturated carbocycles. The molecule has 0 saturated heterocycles. The molecule has 0 radical (unpaired) electrons. The van der Waals surface area contributed by atoms with Crippen LogP contribution < -0.4 is 10.5 Å². The second-order valence-electron chi connectivity index (χ2n) is 6.83. The average Bonchev–Trinajstić information content (AvgIpc) is 3.25. The fourth-order valence-corrected chi connectivity index (χ4v) is 5.41. The zero-order valence-electron chi connectivity index (χ0n) is 16.6. The maximum atomic E-state index is 12.7. The van der Waals surface area contributed by atoms with Gasteiger partial charge in [0.25, 0.3) is 10.0 Å². The number of carbonyl (C=O) groups excluding carboxylic acids is 1. The lowest BCUT2D eigenvalue weighted by atomic mass is 10.0. The highest BCUT2D eigenvalue weighted by Gasteiger charge is 2.26. The van der Waals surface area contributed by atoms with Gasteiger partial charge in [-0.3, -0.25) is 15.2 Å². The number of pyridine rings is 1. The number of thiophene rings is 1. The van der Waals surface area contributed by atoms with E-state index in [2.05, 4.69) is 9.71 Å². The number of ketones is 1. The molecule has 0 aliphatic carbocycles. The molecular weight excluding hydrogens is 434 g/mol. The lowest BCUT2D eigenvalue weighted by Gasteiger charge is -2.13. The Morgan fingerprint density at radius 2 is 1.87 bits per heavy atom. The molecule has 0 aliphatic rings. The number of rotatable bonds is 9. The van der Waals surface area contributed by atoms with Gasteiger partial charge >= 0.3 is 0 Å². The minimum Gasteiger partial charge on any atom is -0.384 e. The largest absolute Gasteiger partial charge is 0.384 e. The van der Waals surface area contributed by atoms with Crippen LogP contribution in [-0.4, -0.2) is 36.8 Å². The van der Waals surface area contributed by atoms with Crippen molar-refractivity contribution in [3.05, 3.63) is 72.1 Å². The SMILES string of the molecule is C[C@H](NS(=O)(=O)c1ccc(-c2ccncc2)s1)C(=O)C(=N)Cc1cccc(C(=N)N)c1. The van der Waals surface area contributed by atoms with E-state index in [0.717, 1.165) is 21.8 Å². The molecule has 0 bridgehead atoms. The highest BCUT2D eigenvalue weighted by atomic mass is 32.2. The summed E-state index contributed by atoms with van der Waals surface area (Å²) in [5.74, 6) is -0.731. The fourth-order valence-electron chi connectivity index (χ4n) is 2.88. The average molecular weight is 456 g/mol. The number of amidine groups is 1. The number of nitrogen functional groups attached to an aromatic ring is 1. The van der Waals surface area contributed by atoms with E-state index in [1.807, 2.05) is 0 Å². The monoisotopic (exact) mass is 455 g/mol. The van der Waals surface area contributed by atoms with Crippen LogP contribution >= 0.6 is 11.3 Å². The summed E-state index contributed by atoms with van der Waals surface area (Å²) in [6.45, 7) is 1.41. The van der Waals surface area contributed by atoms with Crippen molar-refractivity contribution in [2.75, 3.05) is 0 Å². The molecule has 3 aromatic rings. The minimum absolute atomic E-state index is 0.0111. The van der Waals surface area contributed by atoms with Crippen LogP contribution in [-0.2, 0) is 21.2 Å². The molecule has 0 unspecified atom stereocenters. The second-order valence-corrected chi connectivity index (χ2v) is 9.86. The number of benzene rings is 1. The van der Waals surface area contributed by atoms with Crippen LogP contribution in [0.4, 0.5) is 0 Å². The normalized spacial score (nSPS) is 12.3. The van der Waals surface area contributed by atoms with Crippen LogP contribution in [0.15, 0.2) is 65.1 Å². The van der Waals surface area contributed by atoms with E-state index < -0.39 is 21.8 Å². The van der Waals surface area contributed by atoms with Gasteiger partial charge in [0, 0.05) is 29.3 Å². The van der Waals surface area contributed by atoms with Crippen LogP contribution in [0.5, 0.6) is 0 Å². The van der Waals surface area contributed by atoms with E-state index in [1.165, 1.54) is 13.0 Å². The van der Waals surface area contributed by atoms with Gasteiger partial charge in [-0.15, -0.1) is 11.3 Å². The zero-order chi connectivity index (χ0) is 22.6. The van der Waals surface area contributed by atoms with E-state index in [4.69, 9.17) is 16.6 Å². The first-order valence-electron chi connectivity index (χ1n) is 9.25. The molecule has 5 N–H and O–H groups in total. The van der Waals surface area contributed by atoms with Crippen LogP contribution in [0.3, 0.4) is 0 Å². The quantitative estimate of drug-likeness (QED) is 0.289. The Bertz CT molecular complexity index is 1240. The summed E-state index contributed by atoms with van der Waals surface area (Å²) in [7, 11) is -3.93. The molecule has 8 nitrogen and oxygen atoms in total. The zero-order valence-corrected chi connectivity index (χ0v) is 18.3. The van der Waals surface area contributed by atoms with Gasteiger partial charge in [-0.1, -0.05) is 18.2 Å². The van der Waals surface area contributed by atoms with E-state index >= 15 is 0 Å². The van der Waals surface area contributed by atoms with Gasteiger partial charge < -0.3 is 11.1 Å². The minimum atomic E-state index is -3.93. The van der Waals surface area contributed by atoms with Crippen molar-refractivity contribution < 1.29 is 13.2 Å². The summed E-state index contributed by atoms with van der Waals surface area (Å²) < 4.78 is 27.9. The third-order valence-corrected chi connectivity index (χ3v) is 7.62. The summed E-state index contributed by atoms with van der Waals surface area (Å²) >= 11 is 1.09. The van der Waals surface area contributed by atoms with Crippen molar-refractivity contribution in [3.8, 4) is 10.4 Å². The van der Waals surface area contributed by atoms with Crippen molar-refractivity contribution >= 4 is 38.7 Å². The van der Waals surface area contributed by atoms with Crippen LogP contribution in [0.1, 0.15) is 18.1 Å². The molecule has 3 rings (SSSR count). The number of hydrogen-bond acceptors (Lipinski definition) is 7. The lowest BCUT2D eigenvalue weighted by molar-refractivity contribution is -0.114. The Kier molecular flexibility index (Phi) is 6.74. The van der Waals surface area contributed by atoms with Crippen molar-refractivity contribution in [3.63, 3.8) is 0 Å². The first-order valence-corrected chi connectivity index (χ1v) is 11.5. The molecule has 1 aromatic carbocycles. The number of aromatic nitrogens is 1. The van der Waals surface area contributed by atoms with Gasteiger partial charge in [0.05, 0.1) is 11.8 Å². The topological polar surface area (TPSA) is 150 Å². The summed E-state index contributed by atoms with van der Waals surface area (Å²) in [5.41, 5.74) is 7.21. The molecule has 0 amide bonds. The Morgan fingerprint density at radius 3 is 2.55 bits per heavy atom. The first-order chi connectivity index (χ1) is 14.7. The number of sulfonamides is 1. The predicted molar refractivity (Wildman–Crippen MR) is 121 cm³/mol. The number of hydrogen-bond donors (Lipinski definition) is 4. The summed E-state index contributed by atoms with van der Waals surface area (Å²) in [6, 6.07) is 12.3. The first kappa shape index (κ1) is 22.5. The van der Waals surface area contributed by atoms with Gasteiger partial charge in [-0.2, -0.15) is 4.72 Å². The highest BCUT2D eigenvalue weighted by Crippen LogP contribution is 2.30. The Hall–Kier alpha value is -3.21. The Labute approximate surface area is 184 Å². The maximum absolute atomic E-state index is 12.7. The van der Waals surface area contributed by atoms with E-state index in [1.54, 1.807) is 54.9 Å². The Balaban J connectivity index is 1.68. The van der Waals surface area contributed by atoms with Gasteiger partial charge in [0.1, 0.15) is 10.0 Å². The van der Waals surface area contributed by atoms with Crippen LogP contribution in [0, 0.1) is 10.8 Å². The number of Topliss-reactive ketones (excluding diaryl/α,β-unsaturated/α-hetero) is 1. The molecule has 0 fully saturated rings. The molecule has 1 atom stereocenters. The highest BCUT2D eigenvalue weighted by molar-refractivity contribution is 7.91. The maximum Gasteiger partial charge on any atom is 0.250 e. The molecule has 0 spiro atoms.